The maximum atomic E-state index is 10.00. The number of hydrogen-bond donors (Lipinski definition) is 2. The predicted octanol–water partition coefficient (Wildman–Crippen LogP) is 6.52. The lowest BCUT2D eigenvalue weighted by Crippen LogP contribution is -2.30. The minimum atomic E-state index is -0.0377. The van der Waals surface area contributed by atoms with Crippen LogP contribution in [0.15, 0.2) is 48.5 Å². The SMILES string of the molecule is N#CC1CC(C2CCc3[nH]c4ccccc4c3C2)C(Br)c2[nH]c3ccccc3c21. The Hall–Kier alpha value is -2.51. The van der Waals surface area contributed by atoms with E-state index in [4.69, 9.17) is 0 Å². The molecule has 0 fully saturated rings. The Labute approximate surface area is 178 Å². The Kier molecular flexibility index (Phi) is 3.89. The van der Waals surface area contributed by atoms with Crippen molar-refractivity contribution in [1.82, 2.24) is 9.97 Å². The van der Waals surface area contributed by atoms with Crippen LogP contribution in [0.5, 0.6) is 0 Å². The maximum Gasteiger partial charge on any atom is 0.0740 e. The van der Waals surface area contributed by atoms with E-state index in [1.807, 2.05) is 0 Å². The van der Waals surface area contributed by atoms with Crippen LogP contribution in [-0.2, 0) is 12.8 Å². The molecule has 4 atom stereocenters. The lowest BCUT2D eigenvalue weighted by atomic mass is 9.69. The lowest BCUT2D eigenvalue weighted by Gasteiger charge is -2.38. The smallest absolute Gasteiger partial charge is 0.0740 e. The Morgan fingerprint density at radius 3 is 2.48 bits per heavy atom. The molecular formula is C25H22BrN3. The van der Waals surface area contributed by atoms with Crippen LogP contribution in [0.2, 0.25) is 0 Å². The van der Waals surface area contributed by atoms with Crippen LogP contribution in [0.4, 0.5) is 0 Å². The number of aryl methyl sites for hydroxylation is 1. The fourth-order valence-corrected chi connectivity index (χ4v) is 6.82. The molecular weight excluding hydrogens is 422 g/mol. The molecule has 0 spiro atoms. The number of nitrogens with one attached hydrogen (secondary N) is 2. The first-order valence-corrected chi connectivity index (χ1v) is 11.4. The van der Waals surface area contributed by atoms with Crippen LogP contribution in [-0.4, -0.2) is 9.97 Å². The minimum absolute atomic E-state index is 0.0377. The fourth-order valence-electron chi connectivity index (χ4n) is 5.81. The summed E-state index contributed by atoms with van der Waals surface area (Å²) in [5.74, 6) is 1.01. The van der Waals surface area contributed by atoms with Crippen LogP contribution in [0.3, 0.4) is 0 Å². The van der Waals surface area contributed by atoms with Gasteiger partial charge in [0.25, 0.3) is 0 Å². The molecule has 4 aromatic rings. The number of nitrogens with zero attached hydrogens (tertiary/aromatic N) is 1. The van der Waals surface area contributed by atoms with Gasteiger partial charge in [0.1, 0.15) is 0 Å². The first-order chi connectivity index (χ1) is 14.2. The Bertz CT molecular complexity index is 1270. The van der Waals surface area contributed by atoms with Crippen molar-refractivity contribution in [2.24, 2.45) is 11.8 Å². The average Bonchev–Trinajstić information content (AvgIpc) is 3.33. The number of para-hydroxylation sites is 2. The van der Waals surface area contributed by atoms with Gasteiger partial charge in [-0.05, 0) is 60.8 Å². The zero-order chi connectivity index (χ0) is 19.5. The van der Waals surface area contributed by atoms with Gasteiger partial charge in [-0.2, -0.15) is 5.26 Å². The van der Waals surface area contributed by atoms with E-state index in [2.05, 4.69) is 80.5 Å². The number of hydrogen-bond acceptors (Lipinski definition) is 1. The van der Waals surface area contributed by atoms with E-state index in [1.54, 1.807) is 0 Å². The maximum absolute atomic E-state index is 10.00. The number of aromatic amines is 2. The molecule has 0 radical (unpaired) electrons. The minimum Gasteiger partial charge on any atom is -0.358 e. The molecule has 2 aromatic carbocycles. The van der Waals surface area contributed by atoms with Gasteiger partial charge < -0.3 is 9.97 Å². The first kappa shape index (κ1) is 17.4. The number of aromatic nitrogens is 2. The lowest BCUT2D eigenvalue weighted by molar-refractivity contribution is 0.260. The van der Waals surface area contributed by atoms with E-state index in [-0.39, 0.29) is 10.7 Å². The van der Waals surface area contributed by atoms with Gasteiger partial charge in [-0.1, -0.05) is 52.3 Å². The van der Waals surface area contributed by atoms with E-state index < -0.39 is 0 Å². The van der Waals surface area contributed by atoms with Gasteiger partial charge >= 0.3 is 0 Å². The molecule has 144 valence electrons. The second kappa shape index (κ2) is 6.50. The zero-order valence-corrected chi connectivity index (χ0v) is 17.7. The highest BCUT2D eigenvalue weighted by Gasteiger charge is 2.41. The number of halogens is 1. The summed E-state index contributed by atoms with van der Waals surface area (Å²) in [5.41, 5.74) is 7.74. The highest BCUT2D eigenvalue weighted by molar-refractivity contribution is 9.09. The molecule has 0 amide bonds. The molecule has 2 aliphatic rings. The number of rotatable bonds is 1. The van der Waals surface area contributed by atoms with Crippen LogP contribution < -0.4 is 0 Å². The molecule has 0 bridgehead atoms. The van der Waals surface area contributed by atoms with Crippen molar-refractivity contribution in [3.05, 3.63) is 71.0 Å². The third-order valence-corrected chi connectivity index (χ3v) is 8.32. The van der Waals surface area contributed by atoms with Crippen molar-refractivity contribution in [3.63, 3.8) is 0 Å². The van der Waals surface area contributed by atoms with Crippen molar-refractivity contribution in [2.45, 2.75) is 36.4 Å². The Balaban J connectivity index is 1.40. The quantitative estimate of drug-likeness (QED) is 0.323. The molecule has 0 aliphatic heterocycles. The molecule has 6 rings (SSSR count). The second-order valence-corrected chi connectivity index (χ2v) is 9.60. The number of fused-ring (bicyclic) bond motifs is 6. The van der Waals surface area contributed by atoms with E-state index in [0.29, 0.717) is 11.8 Å². The second-order valence-electron chi connectivity index (χ2n) is 8.61. The largest absolute Gasteiger partial charge is 0.358 e. The zero-order valence-electron chi connectivity index (χ0n) is 16.1. The topological polar surface area (TPSA) is 55.4 Å². The molecule has 4 heteroatoms. The molecule has 2 aliphatic carbocycles. The highest BCUT2D eigenvalue weighted by atomic mass is 79.9. The molecule has 2 aromatic heterocycles. The summed E-state index contributed by atoms with van der Waals surface area (Å²) in [6.07, 6.45) is 4.31. The summed E-state index contributed by atoms with van der Waals surface area (Å²) in [5, 5.41) is 12.6. The summed E-state index contributed by atoms with van der Waals surface area (Å²) < 4.78 is 0. The summed E-state index contributed by atoms with van der Waals surface area (Å²) in [6.45, 7) is 0. The summed E-state index contributed by atoms with van der Waals surface area (Å²) in [6, 6.07) is 19.7. The predicted molar refractivity (Wildman–Crippen MR) is 120 cm³/mol. The standard InChI is InChI=1S/C25H22BrN3/c26-24-18(12-15(13-27)23-17-6-2-4-8-21(17)29-25(23)24)14-9-10-22-19(11-14)16-5-1-3-7-20(16)28-22/h1-8,14-15,18,24,28-29H,9-12H2. The van der Waals surface area contributed by atoms with Crippen LogP contribution in [0.25, 0.3) is 21.8 Å². The monoisotopic (exact) mass is 443 g/mol. The molecule has 0 saturated carbocycles. The van der Waals surface area contributed by atoms with E-state index in [9.17, 15) is 5.26 Å². The molecule has 3 nitrogen and oxygen atoms in total. The number of alkyl halides is 1. The summed E-state index contributed by atoms with van der Waals surface area (Å²) in [7, 11) is 0. The van der Waals surface area contributed by atoms with Crippen molar-refractivity contribution >= 4 is 37.7 Å². The van der Waals surface area contributed by atoms with Gasteiger partial charge in [-0.3, -0.25) is 0 Å². The molecule has 29 heavy (non-hydrogen) atoms. The summed E-state index contributed by atoms with van der Waals surface area (Å²) in [4.78, 5) is 7.54. The van der Waals surface area contributed by atoms with Gasteiger partial charge in [0, 0.05) is 33.2 Å². The van der Waals surface area contributed by atoms with Crippen molar-refractivity contribution in [1.29, 1.82) is 5.26 Å². The van der Waals surface area contributed by atoms with Gasteiger partial charge in [0.05, 0.1) is 16.8 Å². The molecule has 2 N–H and O–H groups in total. The molecule has 0 saturated heterocycles. The van der Waals surface area contributed by atoms with E-state index in [1.165, 1.54) is 45.2 Å². The van der Waals surface area contributed by atoms with Gasteiger partial charge in [0.15, 0.2) is 0 Å². The number of H-pyrrole nitrogens is 2. The molecule has 4 unspecified atom stereocenters. The Morgan fingerprint density at radius 1 is 0.966 bits per heavy atom. The van der Waals surface area contributed by atoms with Gasteiger partial charge in [0.2, 0.25) is 0 Å². The van der Waals surface area contributed by atoms with Crippen molar-refractivity contribution < 1.29 is 0 Å². The summed E-state index contributed by atoms with van der Waals surface area (Å²) >= 11 is 4.06. The van der Waals surface area contributed by atoms with Crippen molar-refractivity contribution in [2.75, 3.05) is 0 Å². The van der Waals surface area contributed by atoms with Gasteiger partial charge in [-0.25, -0.2) is 0 Å². The third kappa shape index (κ3) is 2.53. The number of benzene rings is 2. The first-order valence-electron chi connectivity index (χ1n) is 10.5. The average molecular weight is 444 g/mol. The van der Waals surface area contributed by atoms with E-state index in [0.717, 1.165) is 24.8 Å². The van der Waals surface area contributed by atoms with E-state index >= 15 is 0 Å². The van der Waals surface area contributed by atoms with Crippen molar-refractivity contribution in [3.8, 4) is 6.07 Å². The van der Waals surface area contributed by atoms with Crippen LogP contribution in [0.1, 0.15) is 46.1 Å². The Morgan fingerprint density at radius 2 is 1.69 bits per heavy atom. The third-order valence-electron chi connectivity index (χ3n) is 7.18. The van der Waals surface area contributed by atoms with Crippen LogP contribution in [0, 0.1) is 23.2 Å². The highest BCUT2D eigenvalue weighted by Crippen LogP contribution is 2.52. The van der Waals surface area contributed by atoms with Gasteiger partial charge in [-0.15, -0.1) is 0 Å². The van der Waals surface area contributed by atoms with Crippen LogP contribution >= 0.6 is 15.9 Å². The normalized spacial score (nSPS) is 26.2. The molecule has 2 heterocycles. The fraction of sp³-hybridized carbons (Fsp3) is 0.320. The number of nitriles is 1.